The minimum Gasteiger partial charge on any atom is -0.336 e. The van der Waals surface area contributed by atoms with Crippen LogP contribution >= 0.6 is 0 Å². The van der Waals surface area contributed by atoms with Gasteiger partial charge in [-0.05, 0) is 17.7 Å². The van der Waals surface area contributed by atoms with Gasteiger partial charge in [0.15, 0.2) is 0 Å². The van der Waals surface area contributed by atoms with Gasteiger partial charge in [0.25, 0.3) is 5.92 Å². The molecular weight excluding hydrogens is 255 g/mol. The number of hydrogen-bond acceptors (Lipinski definition) is 1. The zero-order valence-electron chi connectivity index (χ0n) is 10.3. The summed E-state index contributed by atoms with van der Waals surface area (Å²) in [5.41, 5.74) is 0.897. The van der Waals surface area contributed by atoms with Gasteiger partial charge in [0.1, 0.15) is 5.82 Å². The molecule has 0 aliphatic carbocycles. The molecule has 1 amide bonds. The fourth-order valence-electron chi connectivity index (χ4n) is 2.09. The molecule has 2 nitrogen and oxygen atoms in total. The molecule has 102 valence electrons. The normalized spacial score (nSPS) is 17.5. The van der Waals surface area contributed by atoms with Crippen molar-refractivity contribution in [2.24, 2.45) is 0 Å². The second-order valence-corrected chi connectivity index (χ2v) is 4.66. The molecule has 1 saturated heterocycles. The molecule has 1 aromatic rings. The van der Waals surface area contributed by atoms with E-state index >= 15 is 0 Å². The van der Waals surface area contributed by atoms with Crippen LogP contribution in [0.2, 0.25) is 0 Å². The van der Waals surface area contributed by atoms with E-state index in [4.69, 9.17) is 0 Å². The summed E-state index contributed by atoms with van der Waals surface area (Å²) < 4.78 is 39.3. The Hall–Kier alpha value is -1.78. The number of nitrogens with zero attached hydrogens (tertiary/aromatic N) is 1. The number of alkyl halides is 2. The zero-order valence-corrected chi connectivity index (χ0v) is 10.3. The number of likely N-dealkylation sites (tertiary alicyclic amines) is 1. The summed E-state index contributed by atoms with van der Waals surface area (Å²) in [6.07, 6.45) is 1.06. The van der Waals surface area contributed by atoms with Gasteiger partial charge in [-0.3, -0.25) is 4.79 Å². The van der Waals surface area contributed by atoms with E-state index in [9.17, 15) is 18.0 Å². The van der Waals surface area contributed by atoms with Gasteiger partial charge in [0.05, 0.1) is 13.0 Å². The summed E-state index contributed by atoms with van der Waals surface area (Å²) in [5, 5.41) is 0. The number of benzene rings is 1. The molecule has 1 aromatic carbocycles. The molecule has 19 heavy (non-hydrogen) atoms. The fourth-order valence-corrected chi connectivity index (χ4v) is 2.09. The van der Waals surface area contributed by atoms with E-state index in [-0.39, 0.29) is 25.3 Å². The Morgan fingerprint density at radius 1 is 1.47 bits per heavy atom. The summed E-state index contributed by atoms with van der Waals surface area (Å²) in [5.74, 6) is -3.57. The topological polar surface area (TPSA) is 20.3 Å². The van der Waals surface area contributed by atoms with Gasteiger partial charge >= 0.3 is 0 Å². The summed E-state index contributed by atoms with van der Waals surface area (Å²) >= 11 is 0. The average Bonchev–Trinajstić information content (AvgIpc) is 2.72. The van der Waals surface area contributed by atoms with E-state index in [0.717, 1.165) is 4.90 Å². The third-order valence-corrected chi connectivity index (χ3v) is 3.16. The van der Waals surface area contributed by atoms with Crippen LogP contribution in [-0.2, 0) is 11.2 Å². The first-order valence-electron chi connectivity index (χ1n) is 5.98. The minimum atomic E-state index is -2.79. The quantitative estimate of drug-likeness (QED) is 0.826. The summed E-state index contributed by atoms with van der Waals surface area (Å²) in [4.78, 5) is 13.0. The number of carbonyl (C=O) groups is 1. The largest absolute Gasteiger partial charge is 0.336 e. The Balaban J connectivity index is 2.05. The van der Waals surface area contributed by atoms with E-state index < -0.39 is 18.3 Å². The Morgan fingerprint density at radius 3 is 2.79 bits per heavy atom. The maximum Gasteiger partial charge on any atom is 0.267 e. The Kier molecular flexibility index (Phi) is 3.64. The summed E-state index contributed by atoms with van der Waals surface area (Å²) in [6, 6.07) is 4.24. The van der Waals surface area contributed by atoms with Crippen LogP contribution in [0.15, 0.2) is 24.8 Å². The highest BCUT2D eigenvalue weighted by molar-refractivity contribution is 5.79. The van der Waals surface area contributed by atoms with Crippen molar-refractivity contribution in [3.05, 3.63) is 41.7 Å². The lowest BCUT2D eigenvalue weighted by Crippen LogP contribution is -2.32. The lowest BCUT2D eigenvalue weighted by Gasteiger charge is -2.16. The molecule has 0 bridgehead atoms. The van der Waals surface area contributed by atoms with E-state index in [1.54, 1.807) is 0 Å². The van der Waals surface area contributed by atoms with Crippen molar-refractivity contribution < 1.29 is 18.0 Å². The molecule has 0 radical (unpaired) electrons. The van der Waals surface area contributed by atoms with Crippen LogP contribution in [0.1, 0.15) is 17.5 Å². The van der Waals surface area contributed by atoms with E-state index in [2.05, 4.69) is 6.58 Å². The zero-order chi connectivity index (χ0) is 14.0. The van der Waals surface area contributed by atoms with Crippen LogP contribution < -0.4 is 0 Å². The van der Waals surface area contributed by atoms with Crippen LogP contribution in [0.5, 0.6) is 0 Å². The first-order valence-corrected chi connectivity index (χ1v) is 5.98. The summed E-state index contributed by atoms with van der Waals surface area (Å²) in [6.45, 7) is 3.02. The lowest BCUT2D eigenvalue weighted by molar-refractivity contribution is -0.130. The fraction of sp³-hybridized carbons (Fsp3) is 0.357. The van der Waals surface area contributed by atoms with Crippen molar-refractivity contribution in [2.45, 2.75) is 18.8 Å². The monoisotopic (exact) mass is 269 g/mol. The highest BCUT2D eigenvalue weighted by Gasteiger charge is 2.39. The minimum absolute atomic E-state index is 0.00278. The molecule has 5 heteroatoms. The van der Waals surface area contributed by atoms with Gasteiger partial charge in [-0.25, -0.2) is 13.2 Å². The van der Waals surface area contributed by atoms with Gasteiger partial charge in [-0.1, -0.05) is 18.7 Å². The first kappa shape index (κ1) is 13.6. The lowest BCUT2D eigenvalue weighted by atomic mass is 10.1. The molecule has 0 N–H and O–H groups in total. The predicted octanol–water partition coefficient (Wildman–Crippen LogP) is 2.88. The van der Waals surface area contributed by atoms with Gasteiger partial charge in [0.2, 0.25) is 5.91 Å². The molecule has 0 spiro atoms. The Labute approximate surface area is 109 Å². The first-order chi connectivity index (χ1) is 8.91. The number of halogens is 3. The molecule has 1 fully saturated rings. The second-order valence-electron chi connectivity index (χ2n) is 4.66. The molecule has 1 aliphatic rings. The third kappa shape index (κ3) is 3.16. The Bertz CT molecular complexity index is 513. The van der Waals surface area contributed by atoms with Crippen molar-refractivity contribution in [3.63, 3.8) is 0 Å². The predicted molar refractivity (Wildman–Crippen MR) is 66.3 cm³/mol. The smallest absolute Gasteiger partial charge is 0.267 e. The maximum absolute atomic E-state index is 13.2. The van der Waals surface area contributed by atoms with Crippen LogP contribution in [0.3, 0.4) is 0 Å². The highest BCUT2D eigenvalue weighted by Crippen LogP contribution is 2.27. The number of hydrogen-bond donors (Lipinski definition) is 0. The van der Waals surface area contributed by atoms with Gasteiger partial charge in [-0.2, -0.15) is 0 Å². The Morgan fingerprint density at radius 2 is 2.21 bits per heavy atom. The molecule has 2 rings (SSSR count). The average molecular weight is 269 g/mol. The van der Waals surface area contributed by atoms with Crippen molar-refractivity contribution >= 4 is 12.0 Å². The van der Waals surface area contributed by atoms with E-state index in [1.807, 2.05) is 0 Å². The van der Waals surface area contributed by atoms with Crippen molar-refractivity contribution in [1.29, 1.82) is 0 Å². The van der Waals surface area contributed by atoms with Crippen molar-refractivity contribution in [3.8, 4) is 0 Å². The van der Waals surface area contributed by atoms with Crippen molar-refractivity contribution in [1.82, 2.24) is 4.90 Å². The standard InChI is InChI=1S/C14H14F3NO/c1-2-11-7-10(3-4-12(11)15)8-13(19)18-6-5-14(16,17)9-18/h2-4,7H,1,5-6,8-9H2. The van der Waals surface area contributed by atoms with Crippen LogP contribution in [0.25, 0.3) is 6.08 Å². The molecule has 1 aliphatic heterocycles. The number of amides is 1. The molecule has 1 heterocycles. The molecule has 0 aromatic heterocycles. The number of rotatable bonds is 3. The van der Waals surface area contributed by atoms with Gasteiger partial charge in [0, 0.05) is 18.5 Å². The molecule has 0 saturated carbocycles. The van der Waals surface area contributed by atoms with Gasteiger partial charge in [-0.15, -0.1) is 0 Å². The molecular formula is C14H14F3NO. The van der Waals surface area contributed by atoms with Gasteiger partial charge < -0.3 is 4.90 Å². The van der Waals surface area contributed by atoms with Crippen LogP contribution in [0.4, 0.5) is 13.2 Å². The maximum atomic E-state index is 13.2. The SMILES string of the molecule is C=Cc1cc(CC(=O)N2CCC(F)(F)C2)ccc1F. The molecule has 0 unspecified atom stereocenters. The van der Waals surface area contributed by atoms with E-state index in [0.29, 0.717) is 11.1 Å². The van der Waals surface area contributed by atoms with Crippen LogP contribution in [-0.4, -0.2) is 29.8 Å². The summed E-state index contributed by atoms with van der Waals surface area (Å²) in [7, 11) is 0. The molecule has 0 atom stereocenters. The van der Waals surface area contributed by atoms with E-state index in [1.165, 1.54) is 24.3 Å². The highest BCUT2D eigenvalue weighted by atomic mass is 19.3. The number of carbonyl (C=O) groups excluding carboxylic acids is 1. The third-order valence-electron chi connectivity index (χ3n) is 3.16. The second kappa shape index (κ2) is 5.07. The van der Waals surface area contributed by atoms with Crippen molar-refractivity contribution in [2.75, 3.05) is 13.1 Å². The van der Waals surface area contributed by atoms with Crippen LogP contribution in [0, 0.1) is 5.82 Å².